The van der Waals surface area contributed by atoms with Gasteiger partial charge in [0.25, 0.3) is 0 Å². The molecule has 2 aromatic rings. The van der Waals surface area contributed by atoms with Gasteiger partial charge in [-0.25, -0.2) is 5.84 Å². The molecule has 0 spiro atoms. The molecular weight excluding hydrogens is 308 g/mol. The zero-order valence-electron chi connectivity index (χ0n) is 16.3. The second kappa shape index (κ2) is 8.77. The molecule has 0 amide bonds. The molecule has 0 fully saturated rings. The van der Waals surface area contributed by atoms with Crippen LogP contribution in [0.1, 0.15) is 33.3 Å². The second-order valence-electron chi connectivity index (χ2n) is 6.19. The van der Waals surface area contributed by atoms with Crippen LogP contribution in [0.5, 0.6) is 0 Å². The minimum absolute atomic E-state index is 0.794. The number of nitrogens with zero attached hydrogens (tertiary/aromatic N) is 3. The second-order valence-corrected chi connectivity index (χ2v) is 6.19. The van der Waals surface area contributed by atoms with Gasteiger partial charge in [0.1, 0.15) is 0 Å². The lowest BCUT2D eigenvalue weighted by Gasteiger charge is -2.28. The van der Waals surface area contributed by atoms with Gasteiger partial charge in [0, 0.05) is 43.2 Å². The highest BCUT2D eigenvalue weighted by Gasteiger charge is 2.12. The molecule has 0 atom stereocenters. The van der Waals surface area contributed by atoms with Crippen LogP contribution in [0, 0.1) is 6.92 Å². The number of hydrogen-bond donors (Lipinski definition) is 1. The van der Waals surface area contributed by atoms with E-state index in [1.54, 1.807) is 5.01 Å². The van der Waals surface area contributed by atoms with Crippen LogP contribution in [0.2, 0.25) is 0 Å². The largest absolute Gasteiger partial charge is 0.372 e. The van der Waals surface area contributed by atoms with Gasteiger partial charge in [-0.2, -0.15) is 0 Å². The van der Waals surface area contributed by atoms with Crippen LogP contribution < -0.4 is 20.7 Å². The fraction of sp³-hybridized carbons (Fsp3) is 0.429. The van der Waals surface area contributed by atoms with Crippen molar-refractivity contribution in [3.05, 3.63) is 48.0 Å². The monoisotopic (exact) mass is 340 g/mol. The van der Waals surface area contributed by atoms with Crippen LogP contribution in [0.25, 0.3) is 0 Å². The van der Waals surface area contributed by atoms with E-state index in [9.17, 15) is 0 Å². The van der Waals surface area contributed by atoms with Gasteiger partial charge in [-0.1, -0.05) is 0 Å². The average Bonchev–Trinajstić information content (AvgIpc) is 2.65. The number of anilines is 4. The number of hydrazine groups is 1. The lowest BCUT2D eigenvalue weighted by Crippen LogP contribution is -2.30. The summed E-state index contributed by atoms with van der Waals surface area (Å²) in [6.07, 6.45) is 0. The topological polar surface area (TPSA) is 35.7 Å². The van der Waals surface area contributed by atoms with Gasteiger partial charge in [0.2, 0.25) is 0 Å². The van der Waals surface area contributed by atoms with Crippen molar-refractivity contribution in [3.8, 4) is 0 Å². The first kappa shape index (κ1) is 19.1. The van der Waals surface area contributed by atoms with E-state index in [2.05, 4.69) is 80.0 Å². The Balaban J connectivity index is 2.31. The predicted molar refractivity (Wildman–Crippen MR) is 111 cm³/mol. The van der Waals surface area contributed by atoms with Gasteiger partial charge < -0.3 is 14.8 Å². The van der Waals surface area contributed by atoms with Gasteiger partial charge in [0.15, 0.2) is 0 Å². The van der Waals surface area contributed by atoms with E-state index in [1.807, 2.05) is 6.92 Å². The molecule has 0 bridgehead atoms. The van der Waals surface area contributed by atoms with Crippen molar-refractivity contribution in [1.82, 2.24) is 0 Å². The molecule has 0 radical (unpaired) electrons. The Morgan fingerprint density at radius 1 is 0.720 bits per heavy atom. The molecular formula is C21H32N4. The van der Waals surface area contributed by atoms with Crippen LogP contribution >= 0.6 is 0 Å². The van der Waals surface area contributed by atoms with Crippen LogP contribution in [-0.4, -0.2) is 26.2 Å². The molecule has 0 aromatic heterocycles. The quantitative estimate of drug-likeness (QED) is 0.558. The number of rotatable bonds is 8. The molecule has 0 aliphatic carbocycles. The molecule has 0 heterocycles. The van der Waals surface area contributed by atoms with E-state index < -0.39 is 0 Å². The predicted octanol–water partition coefficient (Wildman–Crippen LogP) is 4.70. The number of benzene rings is 2. The first-order valence-corrected chi connectivity index (χ1v) is 9.31. The van der Waals surface area contributed by atoms with Crippen molar-refractivity contribution >= 4 is 22.7 Å². The maximum atomic E-state index is 5.97. The molecule has 0 aliphatic rings. The Hall–Kier alpha value is -2.20. The van der Waals surface area contributed by atoms with Gasteiger partial charge in [-0.3, -0.25) is 0 Å². The van der Waals surface area contributed by atoms with E-state index in [0.717, 1.165) is 31.9 Å². The SMILES string of the molecule is CCN(N)c1ccc(N(CC)c2ccc(N(CC)CC)cc2C)cc1. The molecule has 2 N–H and O–H groups in total. The smallest absolute Gasteiger partial charge is 0.0518 e. The molecule has 4 heteroatoms. The minimum Gasteiger partial charge on any atom is -0.372 e. The number of nitrogens with two attached hydrogens (primary N) is 1. The molecule has 4 nitrogen and oxygen atoms in total. The van der Waals surface area contributed by atoms with Gasteiger partial charge in [-0.15, -0.1) is 0 Å². The Bertz CT molecular complexity index is 662. The Morgan fingerprint density at radius 3 is 1.76 bits per heavy atom. The summed E-state index contributed by atoms with van der Waals surface area (Å²) >= 11 is 0. The van der Waals surface area contributed by atoms with E-state index >= 15 is 0 Å². The van der Waals surface area contributed by atoms with Crippen molar-refractivity contribution in [2.45, 2.75) is 34.6 Å². The van der Waals surface area contributed by atoms with Crippen molar-refractivity contribution in [2.75, 3.05) is 41.0 Å². The fourth-order valence-electron chi connectivity index (χ4n) is 3.23. The summed E-state index contributed by atoms with van der Waals surface area (Å²) in [7, 11) is 0. The fourth-order valence-corrected chi connectivity index (χ4v) is 3.23. The number of hydrogen-bond acceptors (Lipinski definition) is 4. The lowest BCUT2D eigenvalue weighted by molar-refractivity contribution is 0.865. The van der Waals surface area contributed by atoms with Crippen LogP contribution in [0.3, 0.4) is 0 Å². The standard InChI is InChI=1S/C21H32N4/c1-6-23(7-2)20-14-15-21(17(5)16-20)24(8-3)18-10-12-19(13-11-18)25(22)9-4/h10-16H,6-9,22H2,1-5H3. The van der Waals surface area contributed by atoms with Crippen LogP contribution in [0.4, 0.5) is 22.7 Å². The Morgan fingerprint density at radius 2 is 1.28 bits per heavy atom. The zero-order chi connectivity index (χ0) is 18.4. The number of aryl methyl sites for hydroxylation is 1. The van der Waals surface area contributed by atoms with E-state index in [-0.39, 0.29) is 0 Å². The third kappa shape index (κ3) is 4.26. The summed E-state index contributed by atoms with van der Waals surface area (Å²) in [5.41, 5.74) is 6.07. The van der Waals surface area contributed by atoms with E-state index in [0.29, 0.717) is 0 Å². The molecule has 136 valence electrons. The molecule has 0 aliphatic heterocycles. The molecule has 0 saturated heterocycles. The lowest BCUT2D eigenvalue weighted by atomic mass is 10.1. The summed E-state index contributed by atoms with van der Waals surface area (Å²) in [4.78, 5) is 4.72. The van der Waals surface area contributed by atoms with Crippen LogP contribution in [-0.2, 0) is 0 Å². The molecule has 2 rings (SSSR count). The maximum absolute atomic E-state index is 5.97. The maximum Gasteiger partial charge on any atom is 0.0518 e. The van der Waals surface area contributed by atoms with Gasteiger partial charge in [0.05, 0.1) is 5.69 Å². The Kier molecular flexibility index (Phi) is 6.71. The Labute approximate surface area is 152 Å². The average molecular weight is 341 g/mol. The summed E-state index contributed by atoms with van der Waals surface area (Å²) in [6.45, 7) is 14.6. The summed E-state index contributed by atoms with van der Waals surface area (Å²) in [5.74, 6) is 5.97. The highest BCUT2D eigenvalue weighted by molar-refractivity contribution is 5.70. The molecule has 0 unspecified atom stereocenters. The van der Waals surface area contributed by atoms with E-state index in [4.69, 9.17) is 5.84 Å². The molecule has 25 heavy (non-hydrogen) atoms. The van der Waals surface area contributed by atoms with Crippen molar-refractivity contribution in [2.24, 2.45) is 5.84 Å². The third-order valence-electron chi connectivity index (χ3n) is 4.75. The summed E-state index contributed by atoms with van der Waals surface area (Å²) < 4.78 is 0. The van der Waals surface area contributed by atoms with E-state index in [1.165, 1.54) is 22.6 Å². The minimum atomic E-state index is 0.794. The van der Waals surface area contributed by atoms with Crippen molar-refractivity contribution in [1.29, 1.82) is 0 Å². The van der Waals surface area contributed by atoms with Crippen molar-refractivity contribution in [3.63, 3.8) is 0 Å². The highest BCUT2D eigenvalue weighted by Crippen LogP contribution is 2.31. The first-order valence-electron chi connectivity index (χ1n) is 9.31. The van der Waals surface area contributed by atoms with Gasteiger partial charge >= 0.3 is 0 Å². The normalized spacial score (nSPS) is 10.6. The molecule has 2 aromatic carbocycles. The van der Waals surface area contributed by atoms with Gasteiger partial charge in [-0.05, 0) is 82.6 Å². The van der Waals surface area contributed by atoms with Crippen LogP contribution in [0.15, 0.2) is 42.5 Å². The highest BCUT2D eigenvalue weighted by atomic mass is 15.4. The first-order chi connectivity index (χ1) is 12.0. The van der Waals surface area contributed by atoms with Crippen molar-refractivity contribution < 1.29 is 0 Å². The summed E-state index contributed by atoms with van der Waals surface area (Å²) in [6, 6.07) is 15.2. The summed E-state index contributed by atoms with van der Waals surface area (Å²) in [5, 5.41) is 1.75. The molecule has 0 saturated carbocycles. The third-order valence-corrected chi connectivity index (χ3v) is 4.75. The zero-order valence-corrected chi connectivity index (χ0v) is 16.3.